The van der Waals surface area contributed by atoms with E-state index in [1.807, 2.05) is 20.8 Å². The summed E-state index contributed by atoms with van der Waals surface area (Å²) in [6, 6.07) is 1.28. The van der Waals surface area contributed by atoms with Crippen LogP contribution in [0.5, 0.6) is 0 Å². The largest absolute Gasteiger partial charge is 0.390 e. The Morgan fingerprint density at radius 3 is 2.29 bits per heavy atom. The van der Waals surface area contributed by atoms with Gasteiger partial charge in [0, 0.05) is 37.2 Å². The highest BCUT2D eigenvalue weighted by atomic mass is 16.7. The first kappa shape index (κ1) is 38.5. The molecule has 2 N–H and O–H groups in total. The minimum Gasteiger partial charge on any atom is -0.390 e. The summed E-state index contributed by atoms with van der Waals surface area (Å²) in [5.74, 6) is 1.86. The zero-order valence-electron chi connectivity index (χ0n) is 34.7. The number of fused-ring (bicyclic) bond motifs is 4. The Morgan fingerprint density at radius 1 is 0.923 bits per heavy atom. The van der Waals surface area contributed by atoms with E-state index >= 15 is 0 Å². The van der Waals surface area contributed by atoms with Crippen molar-refractivity contribution in [2.75, 3.05) is 39.4 Å². The molecule has 8 nitrogen and oxygen atoms in total. The van der Waals surface area contributed by atoms with Gasteiger partial charge in [-0.3, -0.25) is 4.90 Å². The third-order valence-corrected chi connectivity index (χ3v) is 18.3. The molecular formula is C44H76N2O6. The number of ether oxygens (including phenoxy) is 4. The second-order valence-electron chi connectivity index (χ2n) is 21.4. The van der Waals surface area contributed by atoms with Gasteiger partial charge in [0.1, 0.15) is 6.10 Å². The zero-order chi connectivity index (χ0) is 37.2. The molecule has 52 heavy (non-hydrogen) atoms. The average Bonchev–Trinajstić information content (AvgIpc) is 3.72. The van der Waals surface area contributed by atoms with Gasteiger partial charge in [0.15, 0.2) is 6.29 Å². The van der Waals surface area contributed by atoms with E-state index in [1.165, 1.54) is 64.5 Å². The third-order valence-electron chi connectivity index (χ3n) is 18.3. The molecule has 8 heteroatoms. The fraction of sp³-hybridized carbons (Fsp3) is 1.00. The lowest BCUT2D eigenvalue weighted by Gasteiger charge is -2.64. The second kappa shape index (κ2) is 13.1. The Kier molecular flexibility index (Phi) is 9.72. The van der Waals surface area contributed by atoms with Crippen LogP contribution in [0.1, 0.15) is 133 Å². The van der Waals surface area contributed by atoms with E-state index in [0.717, 1.165) is 32.5 Å². The van der Waals surface area contributed by atoms with Crippen molar-refractivity contribution in [2.24, 2.45) is 50.7 Å². The van der Waals surface area contributed by atoms with E-state index in [0.29, 0.717) is 53.2 Å². The highest BCUT2D eigenvalue weighted by Gasteiger charge is 2.84. The maximum atomic E-state index is 12.7. The third kappa shape index (κ3) is 5.47. The molecule has 0 aromatic carbocycles. The monoisotopic (exact) mass is 729 g/mol. The minimum absolute atomic E-state index is 0.0231. The predicted octanol–water partition coefficient (Wildman–Crippen LogP) is 6.89. The first-order valence-electron chi connectivity index (χ1n) is 21.9. The van der Waals surface area contributed by atoms with Crippen LogP contribution in [0, 0.1) is 50.7 Å². The van der Waals surface area contributed by atoms with Gasteiger partial charge in [-0.2, -0.15) is 0 Å². The van der Waals surface area contributed by atoms with Crippen molar-refractivity contribution in [1.82, 2.24) is 9.80 Å². The van der Waals surface area contributed by atoms with Crippen LogP contribution >= 0.6 is 0 Å². The summed E-state index contributed by atoms with van der Waals surface area (Å²) in [6.07, 6.45) is 10.7. The highest BCUT2D eigenvalue weighted by Crippen LogP contribution is 2.89. The summed E-state index contributed by atoms with van der Waals surface area (Å²) in [5.41, 5.74) is -0.430. The topological polar surface area (TPSA) is 83.9 Å². The summed E-state index contributed by atoms with van der Waals surface area (Å²) >= 11 is 0. The van der Waals surface area contributed by atoms with Crippen LogP contribution in [0.15, 0.2) is 0 Å². The molecule has 0 bridgehead atoms. The second-order valence-corrected chi connectivity index (χ2v) is 21.4. The van der Waals surface area contributed by atoms with E-state index in [4.69, 9.17) is 18.9 Å². The van der Waals surface area contributed by atoms with Crippen molar-refractivity contribution < 1.29 is 29.2 Å². The average molecular weight is 729 g/mol. The van der Waals surface area contributed by atoms with E-state index in [1.54, 1.807) is 0 Å². The van der Waals surface area contributed by atoms with Crippen molar-refractivity contribution >= 4 is 0 Å². The van der Waals surface area contributed by atoms with Crippen molar-refractivity contribution in [1.29, 1.82) is 0 Å². The number of aliphatic hydroxyl groups excluding tert-OH is 1. The lowest BCUT2D eigenvalue weighted by molar-refractivity contribution is -0.251. The molecule has 8 fully saturated rings. The molecule has 14 atom stereocenters. The first-order valence-corrected chi connectivity index (χ1v) is 21.9. The van der Waals surface area contributed by atoms with Crippen LogP contribution in [0.4, 0.5) is 0 Å². The summed E-state index contributed by atoms with van der Waals surface area (Å²) in [6.45, 7) is 28.4. The molecule has 0 radical (unpaired) electrons. The highest BCUT2D eigenvalue weighted by molar-refractivity contribution is 5.33. The zero-order valence-corrected chi connectivity index (χ0v) is 34.7. The molecule has 3 aliphatic heterocycles. The van der Waals surface area contributed by atoms with Crippen LogP contribution in [-0.4, -0.2) is 114 Å². The van der Waals surface area contributed by atoms with E-state index in [9.17, 15) is 10.2 Å². The molecule has 5 aliphatic carbocycles. The standard InChI is InChI=1S/C44H76N2O6/c1-11-49-38(40(7,8)48)30-24-28(4)35-36(51-30)37(47)42(10)32-13-12-31-39(5,6)33(14-17-43(31)26-44(32,43)19-18-41(35,42)9)52-34-25-46(22-23-50-34)29-15-20-45(21-16-29)27(2)3/h27-38,47-48H,11-26H2,1-10H3/t28-,30-,31+,32+,33+,34+,35+,36+,37+,38+,41-,42-,43-,44+/m1/s1. The predicted molar refractivity (Wildman–Crippen MR) is 204 cm³/mol. The van der Waals surface area contributed by atoms with Crippen molar-refractivity contribution in [3.63, 3.8) is 0 Å². The molecule has 298 valence electrons. The molecule has 0 aromatic rings. The molecule has 5 saturated carbocycles. The Balaban J connectivity index is 0.976. The van der Waals surface area contributed by atoms with Gasteiger partial charge in [-0.1, -0.05) is 34.6 Å². The van der Waals surface area contributed by atoms with Crippen LogP contribution in [0.25, 0.3) is 0 Å². The van der Waals surface area contributed by atoms with Crippen LogP contribution in [0.2, 0.25) is 0 Å². The van der Waals surface area contributed by atoms with Gasteiger partial charge in [0.25, 0.3) is 0 Å². The Morgan fingerprint density at radius 2 is 1.62 bits per heavy atom. The van der Waals surface area contributed by atoms with Crippen molar-refractivity contribution in [3.05, 3.63) is 0 Å². The Labute approximate surface area is 316 Å². The SMILES string of the molecule is CCO[C@@H]([C@H]1C[C@@H](C)[C@H]2[C@H](O1)[C@H](O)[C@@]1(C)[C@@H]3CC[C@H]4C(C)(C)[C@@H](O[C@H]5CN(C6CCN(C(C)C)CC6)CCO5)CC[C@@]45C[C@@]35CC[C@]21C)C(C)(C)O. The Hall–Kier alpha value is -0.320. The molecule has 0 unspecified atom stereocenters. The summed E-state index contributed by atoms with van der Waals surface area (Å²) < 4.78 is 26.6. The number of hydrogen-bond acceptors (Lipinski definition) is 8. The molecule has 0 amide bonds. The van der Waals surface area contributed by atoms with Crippen LogP contribution in [-0.2, 0) is 18.9 Å². The van der Waals surface area contributed by atoms with E-state index in [2.05, 4.69) is 58.3 Å². The number of rotatable bonds is 8. The number of piperidine rings is 1. The van der Waals surface area contributed by atoms with Gasteiger partial charge in [0.2, 0.25) is 0 Å². The van der Waals surface area contributed by atoms with Crippen LogP contribution < -0.4 is 0 Å². The van der Waals surface area contributed by atoms with Crippen molar-refractivity contribution in [2.45, 2.75) is 188 Å². The van der Waals surface area contributed by atoms with E-state index < -0.39 is 17.8 Å². The van der Waals surface area contributed by atoms with Gasteiger partial charge in [0.05, 0.1) is 36.6 Å². The number of nitrogens with zero attached hydrogens (tertiary/aromatic N) is 2. The molecule has 3 heterocycles. The molecule has 8 rings (SSSR count). The Bertz CT molecular complexity index is 1310. The molecular weight excluding hydrogens is 652 g/mol. The summed E-state index contributed by atoms with van der Waals surface area (Å²) in [5, 5.41) is 23.8. The number of hydrogen-bond donors (Lipinski definition) is 2. The quantitative estimate of drug-likeness (QED) is 0.280. The summed E-state index contributed by atoms with van der Waals surface area (Å²) in [4.78, 5) is 5.31. The van der Waals surface area contributed by atoms with Gasteiger partial charge < -0.3 is 34.1 Å². The van der Waals surface area contributed by atoms with Crippen LogP contribution in [0.3, 0.4) is 0 Å². The van der Waals surface area contributed by atoms with Gasteiger partial charge in [-0.25, -0.2) is 0 Å². The van der Waals surface area contributed by atoms with Gasteiger partial charge in [-0.15, -0.1) is 0 Å². The molecule has 8 aliphatic rings. The maximum absolute atomic E-state index is 12.7. The summed E-state index contributed by atoms with van der Waals surface area (Å²) in [7, 11) is 0. The first-order chi connectivity index (χ1) is 24.4. The van der Waals surface area contributed by atoms with Gasteiger partial charge in [-0.05, 0) is 157 Å². The number of likely N-dealkylation sites (tertiary alicyclic amines) is 1. The molecule has 3 saturated heterocycles. The number of morpholine rings is 1. The smallest absolute Gasteiger partial charge is 0.170 e. The lowest BCUT2D eigenvalue weighted by Crippen LogP contribution is -2.60. The normalized spacial score (nSPS) is 50.1. The number of aliphatic hydroxyl groups is 2. The molecule has 0 aromatic heterocycles. The van der Waals surface area contributed by atoms with Gasteiger partial charge >= 0.3 is 0 Å². The molecule has 2 spiro atoms. The fourth-order valence-corrected chi connectivity index (χ4v) is 15.7. The lowest BCUT2D eigenvalue weighted by atomic mass is 9.41. The fourth-order valence-electron chi connectivity index (χ4n) is 15.7. The van der Waals surface area contributed by atoms with E-state index in [-0.39, 0.29) is 40.8 Å². The maximum Gasteiger partial charge on any atom is 0.170 e. The minimum atomic E-state index is -1.01. The van der Waals surface area contributed by atoms with Crippen molar-refractivity contribution in [3.8, 4) is 0 Å².